The third-order valence-electron chi connectivity index (χ3n) is 3.17. The molecule has 0 bridgehead atoms. The highest BCUT2D eigenvalue weighted by Gasteiger charge is 2.38. The van der Waals surface area contributed by atoms with E-state index in [1.165, 1.54) is 6.08 Å². The number of nitrogens with one attached hydrogen (secondary N) is 1. The predicted molar refractivity (Wildman–Crippen MR) is 80.7 cm³/mol. The number of alkyl halides is 2. The Morgan fingerprint density at radius 2 is 2.14 bits per heavy atom. The molecule has 0 fully saturated rings. The molecule has 0 radical (unpaired) electrons. The van der Waals surface area contributed by atoms with Crippen LogP contribution in [0.3, 0.4) is 0 Å². The second kappa shape index (κ2) is 6.88. The van der Waals surface area contributed by atoms with Crippen molar-refractivity contribution in [2.24, 2.45) is 0 Å². The van der Waals surface area contributed by atoms with Gasteiger partial charge in [0.15, 0.2) is 5.60 Å². The number of nitriles is 1. The number of benzene rings is 1. The molecule has 0 spiro atoms. The average molecular weight is 371 g/mol. The summed E-state index contributed by atoms with van der Waals surface area (Å²) in [5, 5.41) is 11.1. The second-order valence-electron chi connectivity index (χ2n) is 4.80. The molecule has 0 saturated carbocycles. The van der Waals surface area contributed by atoms with Gasteiger partial charge in [0.05, 0.1) is 18.1 Å². The van der Waals surface area contributed by atoms with E-state index in [4.69, 9.17) is 10.00 Å². The highest BCUT2D eigenvalue weighted by molar-refractivity contribution is 9.10. The Balaban J connectivity index is 2.42. The fourth-order valence-corrected chi connectivity index (χ4v) is 2.43. The van der Waals surface area contributed by atoms with E-state index in [-0.39, 0.29) is 24.3 Å². The van der Waals surface area contributed by atoms with E-state index in [2.05, 4.69) is 21.2 Å². The molecule has 0 saturated heterocycles. The monoisotopic (exact) mass is 370 g/mol. The molecule has 1 amide bonds. The normalized spacial score (nSPS) is 15.1. The van der Waals surface area contributed by atoms with Crippen molar-refractivity contribution in [3.8, 4) is 11.8 Å². The van der Waals surface area contributed by atoms with Gasteiger partial charge in [0, 0.05) is 16.6 Å². The Morgan fingerprint density at radius 3 is 2.77 bits per heavy atom. The van der Waals surface area contributed by atoms with Crippen LogP contribution in [0.25, 0.3) is 5.57 Å². The topological polar surface area (TPSA) is 62.1 Å². The molecule has 1 aromatic carbocycles. The van der Waals surface area contributed by atoms with E-state index in [1.54, 1.807) is 18.2 Å². The van der Waals surface area contributed by atoms with Crippen LogP contribution in [0.4, 0.5) is 8.78 Å². The summed E-state index contributed by atoms with van der Waals surface area (Å²) in [6.07, 6.45) is 1.32. The van der Waals surface area contributed by atoms with Crippen LogP contribution in [0.5, 0.6) is 5.75 Å². The van der Waals surface area contributed by atoms with Gasteiger partial charge in [0.1, 0.15) is 19.1 Å². The van der Waals surface area contributed by atoms with Crippen molar-refractivity contribution in [1.82, 2.24) is 5.32 Å². The average Bonchev–Trinajstić information content (AvgIpc) is 2.54. The van der Waals surface area contributed by atoms with Crippen LogP contribution >= 0.6 is 15.9 Å². The SMILES string of the molecule is N#CCCNC(=O)C1=CC(CF)(CF)Oc2ccc(Br)cc21. The first-order valence-corrected chi connectivity index (χ1v) is 7.33. The number of amides is 1. The van der Waals surface area contributed by atoms with Crippen molar-refractivity contribution in [2.75, 3.05) is 19.9 Å². The maximum Gasteiger partial charge on any atom is 0.251 e. The summed E-state index contributed by atoms with van der Waals surface area (Å²) in [7, 11) is 0. The van der Waals surface area contributed by atoms with Gasteiger partial charge in [-0.2, -0.15) is 5.26 Å². The number of carbonyl (C=O) groups is 1. The zero-order valence-corrected chi connectivity index (χ0v) is 13.1. The van der Waals surface area contributed by atoms with Crippen LogP contribution in [0.2, 0.25) is 0 Å². The summed E-state index contributed by atoms with van der Waals surface area (Å²) >= 11 is 3.29. The van der Waals surface area contributed by atoms with E-state index < -0.39 is 24.9 Å². The van der Waals surface area contributed by atoms with E-state index in [1.807, 2.05) is 6.07 Å². The summed E-state index contributed by atoms with van der Waals surface area (Å²) in [4.78, 5) is 12.3. The minimum Gasteiger partial charge on any atom is -0.477 e. The molecule has 0 aromatic heterocycles. The molecule has 1 N–H and O–H groups in total. The molecule has 0 aliphatic carbocycles. The number of carbonyl (C=O) groups excluding carboxylic acids is 1. The van der Waals surface area contributed by atoms with Crippen molar-refractivity contribution >= 4 is 27.4 Å². The molecule has 1 heterocycles. The number of halogens is 3. The first-order valence-electron chi connectivity index (χ1n) is 6.54. The maximum atomic E-state index is 13.3. The van der Waals surface area contributed by atoms with Gasteiger partial charge in [-0.05, 0) is 24.3 Å². The molecule has 0 atom stereocenters. The largest absolute Gasteiger partial charge is 0.477 e. The quantitative estimate of drug-likeness (QED) is 0.810. The lowest BCUT2D eigenvalue weighted by Gasteiger charge is -2.32. The summed E-state index contributed by atoms with van der Waals surface area (Å²) in [6.45, 7) is -2.02. The molecular weight excluding hydrogens is 358 g/mol. The third kappa shape index (κ3) is 3.28. The fourth-order valence-electron chi connectivity index (χ4n) is 2.07. The van der Waals surface area contributed by atoms with E-state index in [0.29, 0.717) is 10.0 Å². The van der Waals surface area contributed by atoms with Crippen LogP contribution in [-0.4, -0.2) is 31.4 Å². The van der Waals surface area contributed by atoms with Crippen LogP contribution in [-0.2, 0) is 4.79 Å². The van der Waals surface area contributed by atoms with Crippen molar-refractivity contribution in [2.45, 2.75) is 12.0 Å². The number of nitrogens with zero attached hydrogens (tertiary/aromatic N) is 1. The molecule has 2 rings (SSSR count). The van der Waals surface area contributed by atoms with Crippen LogP contribution in [0.15, 0.2) is 28.7 Å². The Hall–Kier alpha value is -1.94. The van der Waals surface area contributed by atoms with E-state index in [0.717, 1.165) is 0 Å². The van der Waals surface area contributed by atoms with Gasteiger partial charge in [-0.1, -0.05) is 15.9 Å². The Morgan fingerprint density at radius 1 is 1.41 bits per heavy atom. The predicted octanol–water partition coefficient (Wildman–Crippen LogP) is 2.93. The summed E-state index contributed by atoms with van der Waals surface area (Å²) in [5.41, 5.74) is -1.21. The molecule has 0 unspecified atom stereocenters. The van der Waals surface area contributed by atoms with Gasteiger partial charge >= 0.3 is 0 Å². The standard InChI is InChI=1S/C15H13BrF2N2O2/c16-10-2-3-13-11(6-10)12(14(21)20-5-1-4-19)7-15(8-17,9-18)22-13/h2-3,6-7H,1,5,8-9H2,(H,20,21). The first-order chi connectivity index (χ1) is 10.5. The molecule has 4 nitrogen and oxygen atoms in total. The molecule has 1 aliphatic rings. The molecule has 1 aliphatic heterocycles. The Bertz CT molecular complexity index is 651. The maximum absolute atomic E-state index is 13.3. The number of fused-ring (bicyclic) bond motifs is 1. The van der Waals surface area contributed by atoms with Gasteiger partial charge in [-0.3, -0.25) is 4.79 Å². The summed E-state index contributed by atoms with van der Waals surface area (Å²) < 4.78 is 32.6. The Labute approximate surface area is 134 Å². The van der Waals surface area contributed by atoms with Crippen molar-refractivity contribution in [1.29, 1.82) is 5.26 Å². The zero-order chi connectivity index (χ0) is 16.2. The van der Waals surface area contributed by atoms with Crippen molar-refractivity contribution < 1.29 is 18.3 Å². The number of rotatable bonds is 5. The lowest BCUT2D eigenvalue weighted by atomic mass is 9.93. The van der Waals surface area contributed by atoms with Crippen LogP contribution in [0, 0.1) is 11.3 Å². The highest BCUT2D eigenvalue weighted by Crippen LogP contribution is 2.38. The van der Waals surface area contributed by atoms with Gasteiger partial charge < -0.3 is 10.1 Å². The van der Waals surface area contributed by atoms with Crippen LogP contribution < -0.4 is 10.1 Å². The lowest BCUT2D eigenvalue weighted by molar-refractivity contribution is -0.115. The molecule has 7 heteroatoms. The third-order valence-corrected chi connectivity index (χ3v) is 3.67. The Kier molecular flexibility index (Phi) is 5.14. The summed E-state index contributed by atoms with van der Waals surface area (Å²) in [5.74, 6) is -0.254. The van der Waals surface area contributed by atoms with Gasteiger partial charge in [0.2, 0.25) is 0 Å². The minimum absolute atomic E-state index is 0.135. The van der Waals surface area contributed by atoms with E-state index in [9.17, 15) is 13.6 Å². The van der Waals surface area contributed by atoms with Gasteiger partial charge in [-0.25, -0.2) is 8.78 Å². The molecular formula is C15H13BrF2N2O2. The molecule has 116 valence electrons. The number of ether oxygens (including phenoxy) is 1. The van der Waals surface area contributed by atoms with Gasteiger partial charge in [0.25, 0.3) is 5.91 Å². The molecule has 22 heavy (non-hydrogen) atoms. The van der Waals surface area contributed by atoms with Gasteiger partial charge in [-0.15, -0.1) is 0 Å². The van der Waals surface area contributed by atoms with E-state index >= 15 is 0 Å². The lowest BCUT2D eigenvalue weighted by Crippen LogP contribution is -2.42. The smallest absolute Gasteiger partial charge is 0.251 e. The second-order valence-corrected chi connectivity index (χ2v) is 5.71. The van der Waals surface area contributed by atoms with Crippen LogP contribution in [0.1, 0.15) is 12.0 Å². The first kappa shape index (κ1) is 16.4. The highest BCUT2D eigenvalue weighted by atomic mass is 79.9. The number of hydrogen-bond donors (Lipinski definition) is 1. The van der Waals surface area contributed by atoms with Crippen molar-refractivity contribution in [3.63, 3.8) is 0 Å². The van der Waals surface area contributed by atoms with Crippen molar-refractivity contribution in [3.05, 3.63) is 34.3 Å². The number of hydrogen-bond acceptors (Lipinski definition) is 3. The zero-order valence-electron chi connectivity index (χ0n) is 11.5. The molecule has 1 aromatic rings. The minimum atomic E-state index is -1.79. The summed E-state index contributed by atoms with van der Waals surface area (Å²) in [6, 6.07) is 6.76. The fraction of sp³-hybridized carbons (Fsp3) is 0.333.